The van der Waals surface area contributed by atoms with Crippen molar-refractivity contribution in [1.29, 1.82) is 5.26 Å². The molecule has 0 aromatic carbocycles. The smallest absolute Gasteiger partial charge is 0.270 e. The topological polar surface area (TPSA) is 121 Å². The molecule has 9 heteroatoms. The molecule has 0 spiro atoms. The summed E-state index contributed by atoms with van der Waals surface area (Å²) in [7, 11) is 0. The molecule has 0 saturated carbocycles. The van der Waals surface area contributed by atoms with Gasteiger partial charge >= 0.3 is 0 Å². The summed E-state index contributed by atoms with van der Waals surface area (Å²) in [6.07, 6.45) is 5.75. The van der Waals surface area contributed by atoms with Crippen LogP contribution in [0.3, 0.4) is 0 Å². The number of aromatic amines is 1. The van der Waals surface area contributed by atoms with E-state index >= 15 is 0 Å². The van der Waals surface area contributed by atoms with E-state index in [2.05, 4.69) is 21.3 Å². The Morgan fingerprint density at radius 2 is 2.23 bits per heavy atom. The average Bonchev–Trinajstić information content (AvgIpc) is 2.80. The molecule has 0 bridgehead atoms. The lowest BCUT2D eigenvalue weighted by Gasteiger charge is -2.26. The van der Waals surface area contributed by atoms with Crippen LogP contribution in [-0.4, -0.2) is 58.4 Å². The van der Waals surface area contributed by atoms with Gasteiger partial charge in [-0.15, -0.1) is 0 Å². The lowest BCUT2D eigenvalue weighted by Crippen LogP contribution is -2.35. The van der Waals surface area contributed by atoms with Crippen LogP contribution >= 0.6 is 0 Å². The summed E-state index contributed by atoms with van der Waals surface area (Å²) >= 11 is 0. The molecular weight excluding hydrogens is 398 g/mol. The summed E-state index contributed by atoms with van der Waals surface area (Å²) in [5.74, 6) is 0.454. The third kappa shape index (κ3) is 5.99. The second kappa shape index (κ2) is 10.5. The van der Waals surface area contributed by atoms with Crippen LogP contribution in [0.25, 0.3) is 5.57 Å². The number of rotatable bonds is 8. The van der Waals surface area contributed by atoms with Crippen LogP contribution < -0.4 is 10.3 Å². The minimum atomic E-state index is -0.287. The predicted molar refractivity (Wildman–Crippen MR) is 113 cm³/mol. The largest absolute Gasteiger partial charge is 0.486 e. The summed E-state index contributed by atoms with van der Waals surface area (Å²) in [5.41, 5.74) is 2.63. The highest BCUT2D eigenvalue weighted by Gasteiger charge is 2.18. The molecule has 2 aromatic heterocycles. The molecular formula is C22H25N5O4. The molecule has 9 nitrogen and oxygen atoms in total. The number of carbonyl (C=O) groups is 1. The van der Waals surface area contributed by atoms with E-state index in [9.17, 15) is 9.59 Å². The van der Waals surface area contributed by atoms with Crippen molar-refractivity contribution in [2.45, 2.75) is 32.8 Å². The van der Waals surface area contributed by atoms with Gasteiger partial charge in [0, 0.05) is 19.3 Å². The van der Waals surface area contributed by atoms with Crippen LogP contribution in [0.2, 0.25) is 0 Å². The summed E-state index contributed by atoms with van der Waals surface area (Å²) in [5, 5.41) is 14.9. The molecule has 31 heavy (non-hydrogen) atoms. The number of nitrogens with zero attached hydrogens (tertiary/aromatic N) is 4. The lowest BCUT2D eigenvalue weighted by molar-refractivity contribution is -0.132. The zero-order valence-electron chi connectivity index (χ0n) is 17.6. The number of H-pyrrole nitrogens is 1. The van der Waals surface area contributed by atoms with Gasteiger partial charge in [0.2, 0.25) is 5.91 Å². The van der Waals surface area contributed by atoms with Gasteiger partial charge in [0.25, 0.3) is 5.56 Å². The zero-order valence-corrected chi connectivity index (χ0v) is 17.6. The van der Waals surface area contributed by atoms with Gasteiger partial charge in [-0.3, -0.25) is 14.6 Å². The molecule has 0 aliphatic carbocycles. The van der Waals surface area contributed by atoms with E-state index in [0.29, 0.717) is 43.2 Å². The van der Waals surface area contributed by atoms with Crippen LogP contribution in [0.15, 0.2) is 35.4 Å². The summed E-state index contributed by atoms with van der Waals surface area (Å²) in [6.45, 7) is 5.25. The molecule has 1 N–H and O–H groups in total. The first kappa shape index (κ1) is 22.2. The van der Waals surface area contributed by atoms with Gasteiger partial charge in [-0.1, -0.05) is 6.08 Å². The first-order valence-electron chi connectivity index (χ1n) is 10.1. The van der Waals surface area contributed by atoms with E-state index in [-0.39, 0.29) is 24.0 Å². The Bertz CT molecular complexity index is 1040. The predicted octanol–water partition coefficient (Wildman–Crippen LogP) is 1.83. The van der Waals surface area contributed by atoms with E-state index in [0.717, 1.165) is 17.7 Å². The van der Waals surface area contributed by atoms with Gasteiger partial charge in [0.15, 0.2) is 0 Å². The standard InChI is InChI=1S/C22H25N5O4/c1-15(31-20-13-25-26-22(29)16(20)2)14-30-10-7-21(28)27-8-5-18(6-9-27)19-4-3-17(11-23)12-24-19/h3-5,12-13,15H,6-10,14H2,1-2H3,(H,26,29)/t15-/m0/s1. The van der Waals surface area contributed by atoms with Gasteiger partial charge in [0.1, 0.15) is 17.9 Å². The van der Waals surface area contributed by atoms with Crippen LogP contribution in [0.1, 0.15) is 36.6 Å². The molecule has 0 fully saturated rings. The Hall–Kier alpha value is -3.51. The maximum absolute atomic E-state index is 12.4. The van der Waals surface area contributed by atoms with Crippen LogP contribution in [0, 0.1) is 18.3 Å². The summed E-state index contributed by atoms with van der Waals surface area (Å²) in [6, 6.07) is 5.64. The second-order valence-corrected chi connectivity index (χ2v) is 7.30. The number of nitrogens with one attached hydrogen (secondary N) is 1. The molecule has 2 aromatic rings. The lowest BCUT2D eigenvalue weighted by atomic mass is 10.0. The Morgan fingerprint density at radius 3 is 2.90 bits per heavy atom. The van der Waals surface area contributed by atoms with Crippen molar-refractivity contribution in [3.8, 4) is 11.8 Å². The van der Waals surface area contributed by atoms with Crippen LogP contribution in [0.5, 0.6) is 5.75 Å². The molecule has 1 aliphatic rings. The van der Waals surface area contributed by atoms with Crippen molar-refractivity contribution in [1.82, 2.24) is 20.1 Å². The number of pyridine rings is 1. The monoisotopic (exact) mass is 423 g/mol. The molecule has 3 heterocycles. The normalized spacial score (nSPS) is 14.5. The van der Waals surface area contributed by atoms with E-state index in [1.165, 1.54) is 6.20 Å². The van der Waals surface area contributed by atoms with Gasteiger partial charge < -0.3 is 14.4 Å². The van der Waals surface area contributed by atoms with Gasteiger partial charge in [-0.25, -0.2) is 5.10 Å². The van der Waals surface area contributed by atoms with E-state index in [1.807, 2.05) is 19.1 Å². The molecule has 0 radical (unpaired) electrons. The fourth-order valence-corrected chi connectivity index (χ4v) is 3.16. The number of aromatic nitrogens is 3. The molecule has 1 atom stereocenters. The fraction of sp³-hybridized carbons (Fsp3) is 0.409. The van der Waals surface area contributed by atoms with Crippen molar-refractivity contribution in [2.24, 2.45) is 0 Å². The van der Waals surface area contributed by atoms with Gasteiger partial charge in [0.05, 0.1) is 42.7 Å². The number of ether oxygens (including phenoxy) is 2. The highest BCUT2D eigenvalue weighted by Crippen LogP contribution is 2.21. The molecule has 162 valence electrons. The molecule has 1 aliphatic heterocycles. The number of amides is 1. The van der Waals surface area contributed by atoms with E-state index < -0.39 is 0 Å². The number of hydrogen-bond donors (Lipinski definition) is 1. The highest BCUT2D eigenvalue weighted by atomic mass is 16.5. The van der Waals surface area contributed by atoms with E-state index in [4.69, 9.17) is 14.7 Å². The zero-order chi connectivity index (χ0) is 22.2. The van der Waals surface area contributed by atoms with Gasteiger partial charge in [-0.05, 0) is 38.0 Å². The minimum Gasteiger partial charge on any atom is -0.486 e. The third-order valence-electron chi connectivity index (χ3n) is 4.98. The first-order valence-corrected chi connectivity index (χ1v) is 10.1. The Balaban J connectivity index is 1.39. The van der Waals surface area contributed by atoms with Crippen molar-refractivity contribution >= 4 is 11.5 Å². The molecule has 3 rings (SSSR count). The molecule has 1 amide bonds. The number of carbonyl (C=O) groups excluding carboxylic acids is 1. The first-order chi connectivity index (χ1) is 15.0. The van der Waals surface area contributed by atoms with Crippen molar-refractivity contribution < 1.29 is 14.3 Å². The SMILES string of the molecule is Cc1c(O[C@@H](C)COCCC(=O)N2CC=C(c3ccc(C#N)cn3)CC2)cn[nH]c1=O. The van der Waals surface area contributed by atoms with Crippen molar-refractivity contribution in [3.63, 3.8) is 0 Å². The van der Waals surface area contributed by atoms with Crippen LogP contribution in [-0.2, 0) is 9.53 Å². The number of nitriles is 1. The van der Waals surface area contributed by atoms with Crippen LogP contribution in [0.4, 0.5) is 0 Å². The number of hydrogen-bond acceptors (Lipinski definition) is 7. The van der Waals surface area contributed by atoms with Gasteiger partial charge in [-0.2, -0.15) is 10.4 Å². The Labute approximate surface area is 180 Å². The highest BCUT2D eigenvalue weighted by molar-refractivity contribution is 5.78. The Kier molecular flexibility index (Phi) is 7.51. The summed E-state index contributed by atoms with van der Waals surface area (Å²) < 4.78 is 11.3. The third-order valence-corrected chi connectivity index (χ3v) is 4.98. The maximum Gasteiger partial charge on any atom is 0.270 e. The quantitative estimate of drug-likeness (QED) is 0.643. The summed E-state index contributed by atoms with van der Waals surface area (Å²) in [4.78, 5) is 30.1. The van der Waals surface area contributed by atoms with E-state index in [1.54, 1.807) is 24.1 Å². The fourth-order valence-electron chi connectivity index (χ4n) is 3.16. The Morgan fingerprint density at radius 1 is 1.39 bits per heavy atom. The minimum absolute atomic E-state index is 0.0336. The maximum atomic E-state index is 12.4. The molecule has 0 saturated heterocycles. The average molecular weight is 423 g/mol. The second-order valence-electron chi connectivity index (χ2n) is 7.30. The molecule has 0 unspecified atom stereocenters. The van der Waals surface area contributed by atoms with Crippen molar-refractivity contribution in [2.75, 3.05) is 26.3 Å². The van der Waals surface area contributed by atoms with Crippen molar-refractivity contribution in [3.05, 3.63) is 57.8 Å².